The molecule has 4 heteroatoms. The third kappa shape index (κ3) is 3.94. The Hall–Kier alpha value is -1.03. The first-order valence-corrected chi connectivity index (χ1v) is 5.15. The Morgan fingerprint density at radius 1 is 1.62 bits per heavy atom. The average molecular weight is 198 g/mol. The number of amides is 2. The lowest BCUT2D eigenvalue weighted by Crippen LogP contribution is -2.31. The van der Waals surface area contributed by atoms with Gasteiger partial charge in [-0.2, -0.15) is 0 Å². The van der Waals surface area contributed by atoms with Crippen LogP contribution in [0, 0.1) is 5.92 Å². The summed E-state index contributed by atoms with van der Waals surface area (Å²) in [4.78, 5) is 11.2. The van der Waals surface area contributed by atoms with Crippen molar-refractivity contribution < 1.29 is 4.79 Å². The molecule has 0 saturated heterocycles. The van der Waals surface area contributed by atoms with Crippen molar-refractivity contribution in [3.63, 3.8) is 0 Å². The van der Waals surface area contributed by atoms with Crippen LogP contribution in [0.3, 0.4) is 0 Å². The van der Waals surface area contributed by atoms with E-state index in [1.54, 1.807) is 0 Å². The third-order valence-corrected chi connectivity index (χ3v) is 2.21. The summed E-state index contributed by atoms with van der Waals surface area (Å²) in [7, 11) is 0. The SMILES string of the molecule is CC(C)CNC(=O)Nc1cccs1. The Labute approximate surface area is 82.2 Å². The molecule has 1 aromatic heterocycles. The first kappa shape index (κ1) is 10.1. The van der Waals surface area contributed by atoms with Crippen LogP contribution >= 0.6 is 11.3 Å². The second kappa shape index (κ2) is 4.87. The highest BCUT2D eigenvalue weighted by Crippen LogP contribution is 2.14. The van der Waals surface area contributed by atoms with E-state index in [-0.39, 0.29) is 6.03 Å². The smallest absolute Gasteiger partial charge is 0.319 e. The molecule has 0 unspecified atom stereocenters. The molecule has 0 aromatic carbocycles. The van der Waals surface area contributed by atoms with E-state index < -0.39 is 0 Å². The highest BCUT2D eigenvalue weighted by atomic mass is 32.1. The highest BCUT2D eigenvalue weighted by molar-refractivity contribution is 7.14. The Balaban J connectivity index is 2.26. The standard InChI is InChI=1S/C9H14N2OS/c1-7(2)6-10-9(12)11-8-4-3-5-13-8/h3-5,7H,6H2,1-2H3,(H2,10,11,12). The molecular weight excluding hydrogens is 184 g/mol. The topological polar surface area (TPSA) is 41.1 Å². The molecular formula is C9H14N2OS. The summed E-state index contributed by atoms with van der Waals surface area (Å²) < 4.78 is 0. The molecule has 72 valence electrons. The van der Waals surface area contributed by atoms with Gasteiger partial charge in [0.1, 0.15) is 0 Å². The van der Waals surface area contributed by atoms with Crippen molar-refractivity contribution in [2.24, 2.45) is 5.92 Å². The minimum Gasteiger partial charge on any atom is -0.338 e. The molecule has 2 N–H and O–H groups in total. The van der Waals surface area contributed by atoms with Crippen LogP contribution in [0.4, 0.5) is 9.80 Å². The van der Waals surface area contributed by atoms with Crippen molar-refractivity contribution in [1.82, 2.24) is 5.32 Å². The molecule has 0 bridgehead atoms. The fraction of sp³-hybridized carbons (Fsp3) is 0.444. The summed E-state index contributed by atoms with van der Waals surface area (Å²) in [6.07, 6.45) is 0. The lowest BCUT2D eigenvalue weighted by Gasteiger charge is -2.07. The molecule has 0 fully saturated rings. The van der Waals surface area contributed by atoms with Gasteiger partial charge in [0.05, 0.1) is 5.00 Å². The zero-order valence-corrected chi connectivity index (χ0v) is 8.65. The maximum absolute atomic E-state index is 11.2. The van der Waals surface area contributed by atoms with Crippen LogP contribution in [0.5, 0.6) is 0 Å². The third-order valence-electron chi connectivity index (χ3n) is 1.43. The van der Waals surface area contributed by atoms with Gasteiger partial charge in [-0.25, -0.2) is 4.79 Å². The molecule has 13 heavy (non-hydrogen) atoms. The van der Waals surface area contributed by atoms with Gasteiger partial charge in [-0.3, -0.25) is 5.32 Å². The van der Waals surface area contributed by atoms with Crippen LogP contribution in [-0.2, 0) is 0 Å². The van der Waals surface area contributed by atoms with Crippen LogP contribution in [0.1, 0.15) is 13.8 Å². The van der Waals surface area contributed by atoms with Crippen molar-refractivity contribution in [2.75, 3.05) is 11.9 Å². The van der Waals surface area contributed by atoms with E-state index in [0.717, 1.165) is 5.00 Å². The van der Waals surface area contributed by atoms with Crippen LogP contribution < -0.4 is 10.6 Å². The van der Waals surface area contributed by atoms with Crippen LogP contribution in [0.2, 0.25) is 0 Å². The fourth-order valence-corrected chi connectivity index (χ4v) is 1.42. The quantitative estimate of drug-likeness (QED) is 0.770. The normalized spacial score (nSPS) is 10.1. The summed E-state index contributed by atoms with van der Waals surface area (Å²) in [6.45, 7) is 4.83. The summed E-state index contributed by atoms with van der Waals surface area (Å²) in [5, 5.41) is 8.33. The van der Waals surface area contributed by atoms with Gasteiger partial charge in [-0.05, 0) is 23.4 Å². The average Bonchev–Trinajstić information content (AvgIpc) is 2.53. The van der Waals surface area contributed by atoms with Gasteiger partial charge in [-0.15, -0.1) is 11.3 Å². The summed E-state index contributed by atoms with van der Waals surface area (Å²) in [6, 6.07) is 3.65. The first-order chi connectivity index (χ1) is 6.18. The zero-order chi connectivity index (χ0) is 9.68. The Kier molecular flexibility index (Phi) is 3.76. The zero-order valence-electron chi connectivity index (χ0n) is 7.83. The molecule has 0 radical (unpaired) electrons. The van der Waals surface area contributed by atoms with Crippen molar-refractivity contribution in [3.8, 4) is 0 Å². The summed E-state index contributed by atoms with van der Waals surface area (Å²) in [5.41, 5.74) is 0. The number of hydrogen-bond donors (Lipinski definition) is 2. The number of urea groups is 1. The molecule has 0 aliphatic carbocycles. The first-order valence-electron chi connectivity index (χ1n) is 4.27. The largest absolute Gasteiger partial charge is 0.338 e. The second-order valence-corrected chi connectivity index (χ2v) is 4.15. The number of carbonyl (C=O) groups is 1. The number of rotatable bonds is 3. The van der Waals surface area contributed by atoms with Crippen molar-refractivity contribution in [2.45, 2.75) is 13.8 Å². The molecule has 0 aliphatic rings. The van der Waals surface area contributed by atoms with Gasteiger partial charge in [0, 0.05) is 6.54 Å². The highest BCUT2D eigenvalue weighted by Gasteiger charge is 2.01. The Bertz CT molecular complexity index is 257. The van der Waals surface area contributed by atoms with Crippen molar-refractivity contribution >= 4 is 22.4 Å². The van der Waals surface area contributed by atoms with Gasteiger partial charge in [-0.1, -0.05) is 13.8 Å². The molecule has 3 nitrogen and oxygen atoms in total. The number of hydrogen-bond acceptors (Lipinski definition) is 2. The van der Waals surface area contributed by atoms with Gasteiger partial charge < -0.3 is 5.32 Å². The maximum Gasteiger partial charge on any atom is 0.319 e. The minimum absolute atomic E-state index is 0.129. The number of carbonyl (C=O) groups excluding carboxylic acids is 1. The van der Waals surface area contributed by atoms with E-state index in [1.165, 1.54) is 11.3 Å². The van der Waals surface area contributed by atoms with E-state index in [9.17, 15) is 4.79 Å². The summed E-state index contributed by atoms with van der Waals surface area (Å²) in [5.74, 6) is 0.481. The Morgan fingerprint density at radius 3 is 2.92 bits per heavy atom. The van der Waals surface area contributed by atoms with E-state index in [1.807, 2.05) is 17.5 Å². The molecule has 0 atom stereocenters. The monoisotopic (exact) mass is 198 g/mol. The van der Waals surface area contributed by atoms with Crippen LogP contribution in [-0.4, -0.2) is 12.6 Å². The second-order valence-electron chi connectivity index (χ2n) is 3.21. The van der Waals surface area contributed by atoms with E-state index in [0.29, 0.717) is 12.5 Å². The minimum atomic E-state index is -0.129. The predicted molar refractivity (Wildman–Crippen MR) is 56.2 cm³/mol. The van der Waals surface area contributed by atoms with Crippen LogP contribution in [0.25, 0.3) is 0 Å². The molecule has 0 saturated carbocycles. The number of nitrogens with one attached hydrogen (secondary N) is 2. The van der Waals surface area contributed by atoms with Crippen molar-refractivity contribution in [1.29, 1.82) is 0 Å². The lowest BCUT2D eigenvalue weighted by atomic mass is 10.2. The van der Waals surface area contributed by atoms with Gasteiger partial charge >= 0.3 is 6.03 Å². The van der Waals surface area contributed by atoms with E-state index >= 15 is 0 Å². The molecule has 0 spiro atoms. The molecule has 0 aliphatic heterocycles. The van der Waals surface area contributed by atoms with E-state index in [2.05, 4.69) is 24.5 Å². The number of thiophene rings is 1. The Morgan fingerprint density at radius 2 is 2.38 bits per heavy atom. The van der Waals surface area contributed by atoms with E-state index in [4.69, 9.17) is 0 Å². The van der Waals surface area contributed by atoms with Gasteiger partial charge in [0.15, 0.2) is 0 Å². The summed E-state index contributed by atoms with van der Waals surface area (Å²) >= 11 is 1.51. The maximum atomic E-state index is 11.2. The van der Waals surface area contributed by atoms with Gasteiger partial charge in [0.25, 0.3) is 0 Å². The van der Waals surface area contributed by atoms with Crippen LogP contribution in [0.15, 0.2) is 17.5 Å². The molecule has 1 rings (SSSR count). The number of anilines is 1. The fourth-order valence-electron chi connectivity index (χ4n) is 0.803. The predicted octanol–water partition coefficient (Wildman–Crippen LogP) is 2.53. The lowest BCUT2D eigenvalue weighted by molar-refractivity contribution is 0.251. The van der Waals surface area contributed by atoms with Crippen molar-refractivity contribution in [3.05, 3.63) is 17.5 Å². The molecule has 1 heterocycles. The van der Waals surface area contributed by atoms with Gasteiger partial charge in [0.2, 0.25) is 0 Å². The molecule has 1 aromatic rings. The molecule has 2 amide bonds.